The first-order valence-electron chi connectivity index (χ1n) is 18.4. The predicted octanol–water partition coefficient (Wildman–Crippen LogP) is 8.22. The van der Waals surface area contributed by atoms with Crippen LogP contribution in [0.4, 0.5) is 0 Å². The van der Waals surface area contributed by atoms with Crippen molar-refractivity contribution < 1.29 is 19.4 Å². The minimum atomic E-state index is -0.808. The average molecular weight is 661 g/mol. The number of carbonyl (C=O) groups excluding carboxylic acids is 1. The Kier molecular flexibility index (Phi) is 12.5. The molecule has 1 heterocycles. The Morgan fingerprint density at radius 2 is 1.59 bits per heavy atom. The second-order valence-electron chi connectivity index (χ2n) is 13.7. The van der Waals surface area contributed by atoms with Crippen LogP contribution in [0.5, 0.6) is 5.75 Å². The zero-order valence-electron chi connectivity index (χ0n) is 28.9. The monoisotopic (exact) mass is 660 g/mol. The number of aliphatic hydroxyl groups is 1. The van der Waals surface area contributed by atoms with Crippen LogP contribution >= 0.6 is 0 Å². The van der Waals surface area contributed by atoms with Crippen LogP contribution in [-0.2, 0) is 30.6 Å². The number of hydrogen-bond donors (Lipinski definition) is 3. The molecule has 0 aromatic heterocycles. The van der Waals surface area contributed by atoms with E-state index in [4.69, 9.17) is 9.47 Å². The standard InChI is InChI=1S/C43H52N2O4/c1-2-31-19-23-42-37(26-31)38(18-12-4-3-5-13-25-48-42)44-29-40(46)39(27-32-14-8-6-9-15-32)45-43(47)35-21-20-34-22-24-41(36(34)28-35)49-30-33-16-10-7-11-17-33/h6-11,14-17,19-21,23,26,28,38-41,44,46H,2-5,12-13,18,22,24-25,27,29-30H2,1H3,(H,45,47)/t38-,39-,40+,41+/m0/s1. The molecule has 0 saturated carbocycles. The first-order chi connectivity index (χ1) is 24.1. The maximum absolute atomic E-state index is 13.9. The SMILES string of the molecule is CCc1ccc2c(c1)[C@@H](NC[C@@H](O)[C@H](Cc1ccccc1)NC(=O)c1ccc3c(c1)[C@H](OCc1ccccc1)CC3)CCCCCCCO2. The molecule has 4 aromatic rings. The highest BCUT2D eigenvalue weighted by Crippen LogP contribution is 2.36. The first kappa shape index (κ1) is 34.9. The molecule has 6 heteroatoms. The van der Waals surface area contributed by atoms with Crippen LogP contribution < -0.4 is 15.4 Å². The van der Waals surface area contributed by atoms with E-state index in [0.29, 0.717) is 25.1 Å². The minimum Gasteiger partial charge on any atom is -0.493 e. The van der Waals surface area contributed by atoms with Crippen molar-refractivity contribution in [3.05, 3.63) is 136 Å². The van der Waals surface area contributed by atoms with Gasteiger partial charge in [0.25, 0.3) is 5.91 Å². The van der Waals surface area contributed by atoms with E-state index in [1.165, 1.54) is 36.0 Å². The normalized spacial score (nSPS) is 19.1. The van der Waals surface area contributed by atoms with Crippen molar-refractivity contribution in [3.8, 4) is 5.75 Å². The Hall–Kier alpha value is -3.97. The topological polar surface area (TPSA) is 79.8 Å². The number of carbonyl (C=O) groups is 1. The number of rotatable bonds is 12. The summed E-state index contributed by atoms with van der Waals surface area (Å²) in [7, 11) is 0. The maximum Gasteiger partial charge on any atom is 0.251 e. The second-order valence-corrected chi connectivity index (χ2v) is 13.7. The van der Waals surface area contributed by atoms with Gasteiger partial charge in [-0.1, -0.05) is 111 Å². The van der Waals surface area contributed by atoms with Crippen molar-refractivity contribution >= 4 is 5.91 Å². The highest BCUT2D eigenvalue weighted by Gasteiger charge is 2.28. The molecule has 6 nitrogen and oxygen atoms in total. The summed E-state index contributed by atoms with van der Waals surface area (Å²) in [6, 6.07) is 32.3. The van der Waals surface area contributed by atoms with Gasteiger partial charge in [0.05, 0.1) is 31.5 Å². The molecule has 3 N–H and O–H groups in total. The number of fused-ring (bicyclic) bond motifs is 2. The lowest BCUT2D eigenvalue weighted by atomic mass is 9.95. The van der Waals surface area contributed by atoms with Crippen LogP contribution in [0.3, 0.4) is 0 Å². The van der Waals surface area contributed by atoms with Crippen molar-refractivity contribution in [2.75, 3.05) is 13.2 Å². The van der Waals surface area contributed by atoms with Crippen LogP contribution in [0.2, 0.25) is 0 Å². The third-order valence-corrected chi connectivity index (χ3v) is 10.1. The summed E-state index contributed by atoms with van der Waals surface area (Å²) < 4.78 is 12.6. The van der Waals surface area contributed by atoms with Gasteiger partial charge < -0.3 is 25.2 Å². The van der Waals surface area contributed by atoms with E-state index in [9.17, 15) is 9.90 Å². The molecular formula is C43H52N2O4. The van der Waals surface area contributed by atoms with E-state index in [0.717, 1.165) is 67.6 Å². The molecule has 0 radical (unpaired) electrons. The number of nitrogens with one attached hydrogen (secondary N) is 2. The van der Waals surface area contributed by atoms with Gasteiger partial charge in [-0.25, -0.2) is 0 Å². The maximum atomic E-state index is 13.9. The van der Waals surface area contributed by atoms with Crippen LogP contribution in [0.1, 0.15) is 108 Å². The number of hydrogen-bond acceptors (Lipinski definition) is 5. The lowest BCUT2D eigenvalue weighted by Gasteiger charge is -2.28. The van der Waals surface area contributed by atoms with Crippen molar-refractivity contribution in [2.24, 2.45) is 0 Å². The van der Waals surface area contributed by atoms with Gasteiger partial charge in [0.2, 0.25) is 0 Å². The highest BCUT2D eigenvalue weighted by molar-refractivity contribution is 5.94. The van der Waals surface area contributed by atoms with Crippen molar-refractivity contribution in [3.63, 3.8) is 0 Å². The fraction of sp³-hybridized carbons (Fsp3) is 0.419. The highest BCUT2D eigenvalue weighted by atomic mass is 16.5. The largest absolute Gasteiger partial charge is 0.493 e. The predicted molar refractivity (Wildman–Crippen MR) is 196 cm³/mol. The number of ether oxygens (including phenoxy) is 2. The van der Waals surface area contributed by atoms with E-state index in [-0.39, 0.29) is 18.1 Å². The zero-order chi connectivity index (χ0) is 33.8. The lowest BCUT2D eigenvalue weighted by Crippen LogP contribution is -2.49. The molecule has 2 aliphatic rings. The van der Waals surface area contributed by atoms with Crippen LogP contribution in [-0.4, -0.2) is 36.3 Å². The Morgan fingerprint density at radius 1 is 0.837 bits per heavy atom. The van der Waals surface area contributed by atoms with Gasteiger partial charge in [-0.3, -0.25) is 4.79 Å². The van der Waals surface area contributed by atoms with Crippen LogP contribution in [0, 0.1) is 0 Å². The molecule has 0 fully saturated rings. The Bertz CT molecular complexity index is 1630. The summed E-state index contributed by atoms with van der Waals surface area (Å²) in [5.41, 5.74) is 7.56. The van der Waals surface area contributed by atoms with Crippen LogP contribution in [0.25, 0.3) is 0 Å². The fourth-order valence-electron chi connectivity index (χ4n) is 7.21. The molecule has 0 bridgehead atoms. The molecule has 0 spiro atoms. The lowest BCUT2D eigenvalue weighted by molar-refractivity contribution is 0.0410. The Balaban J connectivity index is 1.17. The third-order valence-electron chi connectivity index (χ3n) is 10.1. The zero-order valence-corrected chi connectivity index (χ0v) is 28.9. The summed E-state index contributed by atoms with van der Waals surface area (Å²) in [6.45, 7) is 3.78. The summed E-state index contributed by atoms with van der Waals surface area (Å²) >= 11 is 0. The second kappa shape index (κ2) is 17.6. The van der Waals surface area contributed by atoms with E-state index < -0.39 is 12.1 Å². The van der Waals surface area contributed by atoms with Gasteiger partial charge in [-0.15, -0.1) is 0 Å². The van der Waals surface area contributed by atoms with Gasteiger partial charge in [-0.05, 0) is 84.5 Å². The summed E-state index contributed by atoms with van der Waals surface area (Å²) in [5, 5.41) is 18.7. The van der Waals surface area contributed by atoms with Gasteiger partial charge in [0.1, 0.15) is 5.75 Å². The third kappa shape index (κ3) is 9.60. The minimum absolute atomic E-state index is 0.0421. The van der Waals surface area contributed by atoms with E-state index in [1.54, 1.807) is 0 Å². The van der Waals surface area contributed by atoms with Gasteiger partial charge in [0.15, 0.2) is 0 Å². The molecule has 0 saturated heterocycles. The molecule has 258 valence electrons. The van der Waals surface area contributed by atoms with E-state index in [1.807, 2.05) is 60.7 Å². The van der Waals surface area contributed by atoms with E-state index >= 15 is 0 Å². The molecule has 4 atom stereocenters. The first-order valence-corrected chi connectivity index (χ1v) is 18.4. The molecule has 6 rings (SSSR count). The Labute approximate surface area is 292 Å². The molecule has 1 aliphatic carbocycles. The quantitative estimate of drug-likeness (QED) is 0.143. The number of amides is 1. The van der Waals surface area contributed by atoms with Crippen LogP contribution in [0.15, 0.2) is 97.1 Å². The molecule has 1 aliphatic heterocycles. The molecule has 49 heavy (non-hydrogen) atoms. The number of aliphatic hydroxyl groups excluding tert-OH is 1. The fourth-order valence-corrected chi connectivity index (χ4v) is 7.21. The van der Waals surface area contributed by atoms with Gasteiger partial charge in [0, 0.05) is 23.7 Å². The van der Waals surface area contributed by atoms with E-state index in [2.05, 4.69) is 54.0 Å². The smallest absolute Gasteiger partial charge is 0.251 e. The average Bonchev–Trinajstić information content (AvgIpc) is 3.54. The summed E-state index contributed by atoms with van der Waals surface area (Å²) in [5.74, 6) is 0.751. The summed E-state index contributed by atoms with van der Waals surface area (Å²) in [4.78, 5) is 13.9. The van der Waals surface area contributed by atoms with Crippen molar-refractivity contribution in [2.45, 2.75) is 102 Å². The number of aryl methyl sites for hydroxylation is 2. The van der Waals surface area contributed by atoms with Gasteiger partial charge >= 0.3 is 0 Å². The number of benzene rings is 4. The molecular weight excluding hydrogens is 608 g/mol. The Morgan fingerprint density at radius 3 is 2.39 bits per heavy atom. The summed E-state index contributed by atoms with van der Waals surface area (Å²) in [6.07, 6.45) is 9.20. The molecule has 4 aromatic carbocycles. The van der Waals surface area contributed by atoms with Crippen molar-refractivity contribution in [1.29, 1.82) is 0 Å². The van der Waals surface area contributed by atoms with Crippen molar-refractivity contribution in [1.82, 2.24) is 10.6 Å². The van der Waals surface area contributed by atoms with Gasteiger partial charge in [-0.2, -0.15) is 0 Å². The molecule has 0 unspecified atom stereocenters. The molecule has 1 amide bonds.